The van der Waals surface area contributed by atoms with Crippen LogP contribution in [0.25, 0.3) is 11.1 Å². The first-order valence-corrected chi connectivity index (χ1v) is 8.46. The lowest BCUT2D eigenvalue weighted by Gasteiger charge is -2.21. The van der Waals surface area contributed by atoms with Crippen LogP contribution in [0.1, 0.15) is 31.1 Å². The summed E-state index contributed by atoms with van der Waals surface area (Å²) in [5.41, 5.74) is 2.90. The summed E-state index contributed by atoms with van der Waals surface area (Å²) in [6.45, 7) is 5.87. The third-order valence-corrected chi connectivity index (χ3v) is 3.54. The monoisotopic (exact) mass is 357 g/mol. The molecule has 132 valence electrons. The van der Waals surface area contributed by atoms with Gasteiger partial charge in [0, 0.05) is 30.2 Å². The lowest BCUT2D eigenvalue weighted by molar-refractivity contribution is 0.0919. The zero-order chi connectivity index (χ0) is 18.6. The van der Waals surface area contributed by atoms with Gasteiger partial charge in [-0.2, -0.15) is 0 Å². The standard InChI is InChI=1S/C20H24ClN3O/c1-20(2,3)23-19(25)16-10-15(14-6-8-17(21)9-7-14)11-18(12-16)22-13-24(4)5/h6-13H,1-5H3,(H,23,25)/b22-13+. The van der Waals surface area contributed by atoms with Gasteiger partial charge in [-0.15, -0.1) is 0 Å². The second-order valence-electron chi connectivity index (χ2n) is 7.19. The molecule has 0 saturated heterocycles. The van der Waals surface area contributed by atoms with Crippen molar-refractivity contribution in [2.75, 3.05) is 14.1 Å². The van der Waals surface area contributed by atoms with Crippen molar-refractivity contribution in [3.05, 3.63) is 53.1 Å². The Kier molecular flexibility index (Phi) is 5.85. The smallest absolute Gasteiger partial charge is 0.251 e. The number of carbonyl (C=O) groups excluding carboxylic acids is 1. The topological polar surface area (TPSA) is 44.7 Å². The highest BCUT2D eigenvalue weighted by Crippen LogP contribution is 2.27. The van der Waals surface area contributed by atoms with E-state index in [1.807, 2.05) is 76.2 Å². The van der Waals surface area contributed by atoms with E-state index in [2.05, 4.69) is 10.3 Å². The van der Waals surface area contributed by atoms with Crippen molar-refractivity contribution < 1.29 is 4.79 Å². The van der Waals surface area contributed by atoms with Gasteiger partial charge in [-0.1, -0.05) is 23.7 Å². The van der Waals surface area contributed by atoms with E-state index in [-0.39, 0.29) is 11.4 Å². The highest BCUT2D eigenvalue weighted by atomic mass is 35.5. The molecule has 0 aromatic heterocycles. The minimum Gasteiger partial charge on any atom is -0.369 e. The number of amides is 1. The van der Waals surface area contributed by atoms with Crippen molar-refractivity contribution >= 4 is 29.5 Å². The van der Waals surface area contributed by atoms with Crippen LogP contribution in [0.3, 0.4) is 0 Å². The van der Waals surface area contributed by atoms with Gasteiger partial charge in [0.05, 0.1) is 12.0 Å². The number of hydrogen-bond donors (Lipinski definition) is 1. The number of rotatable bonds is 4. The fraction of sp³-hybridized carbons (Fsp3) is 0.300. The van der Waals surface area contributed by atoms with Crippen LogP contribution in [0.4, 0.5) is 5.69 Å². The van der Waals surface area contributed by atoms with Gasteiger partial charge in [0.25, 0.3) is 5.91 Å². The van der Waals surface area contributed by atoms with E-state index in [1.54, 1.807) is 12.4 Å². The van der Waals surface area contributed by atoms with E-state index >= 15 is 0 Å². The van der Waals surface area contributed by atoms with Crippen molar-refractivity contribution in [3.63, 3.8) is 0 Å². The van der Waals surface area contributed by atoms with E-state index < -0.39 is 0 Å². The Morgan fingerprint density at radius 2 is 1.72 bits per heavy atom. The molecule has 0 aliphatic rings. The lowest BCUT2D eigenvalue weighted by atomic mass is 10.0. The third-order valence-electron chi connectivity index (χ3n) is 3.28. The van der Waals surface area contributed by atoms with Crippen LogP contribution in [-0.2, 0) is 0 Å². The molecule has 0 bridgehead atoms. The molecular formula is C20H24ClN3O. The second kappa shape index (κ2) is 7.70. The summed E-state index contributed by atoms with van der Waals surface area (Å²) in [6.07, 6.45) is 1.71. The Balaban J connectivity index is 2.48. The molecule has 2 aromatic carbocycles. The van der Waals surface area contributed by atoms with Crippen molar-refractivity contribution in [1.82, 2.24) is 10.2 Å². The van der Waals surface area contributed by atoms with Gasteiger partial charge in [-0.25, -0.2) is 4.99 Å². The van der Waals surface area contributed by atoms with Crippen LogP contribution >= 0.6 is 11.6 Å². The largest absolute Gasteiger partial charge is 0.369 e. The molecule has 25 heavy (non-hydrogen) atoms. The van der Waals surface area contributed by atoms with Crippen molar-refractivity contribution in [1.29, 1.82) is 0 Å². The normalized spacial score (nSPS) is 11.6. The van der Waals surface area contributed by atoms with E-state index in [1.165, 1.54) is 0 Å². The summed E-state index contributed by atoms with van der Waals surface area (Å²) in [5, 5.41) is 3.67. The molecule has 2 aromatic rings. The Morgan fingerprint density at radius 1 is 1.08 bits per heavy atom. The molecule has 0 aliphatic heterocycles. The van der Waals surface area contributed by atoms with Gasteiger partial charge in [0.15, 0.2) is 0 Å². The number of carbonyl (C=O) groups is 1. The second-order valence-corrected chi connectivity index (χ2v) is 7.62. The van der Waals surface area contributed by atoms with E-state index in [4.69, 9.17) is 11.6 Å². The van der Waals surface area contributed by atoms with Gasteiger partial charge in [-0.3, -0.25) is 4.79 Å². The summed E-state index contributed by atoms with van der Waals surface area (Å²) >= 11 is 5.98. The Bertz CT molecular complexity index is 775. The molecule has 1 N–H and O–H groups in total. The zero-order valence-electron chi connectivity index (χ0n) is 15.3. The van der Waals surface area contributed by atoms with Crippen LogP contribution in [0.5, 0.6) is 0 Å². The maximum atomic E-state index is 12.6. The van der Waals surface area contributed by atoms with Gasteiger partial charge in [0.2, 0.25) is 0 Å². The van der Waals surface area contributed by atoms with Crippen molar-refractivity contribution in [3.8, 4) is 11.1 Å². The van der Waals surface area contributed by atoms with Crippen LogP contribution in [0.2, 0.25) is 5.02 Å². The van der Waals surface area contributed by atoms with Gasteiger partial charge < -0.3 is 10.2 Å². The molecule has 2 rings (SSSR count). The minimum absolute atomic E-state index is 0.121. The molecular weight excluding hydrogens is 334 g/mol. The number of nitrogens with zero attached hydrogens (tertiary/aromatic N) is 2. The molecule has 0 aliphatic carbocycles. The molecule has 0 atom stereocenters. The predicted molar refractivity (Wildman–Crippen MR) is 106 cm³/mol. The first-order valence-electron chi connectivity index (χ1n) is 8.08. The molecule has 0 spiro atoms. The van der Waals surface area contributed by atoms with Crippen LogP contribution < -0.4 is 5.32 Å². The van der Waals surface area contributed by atoms with Crippen molar-refractivity contribution in [2.24, 2.45) is 4.99 Å². The van der Waals surface area contributed by atoms with E-state index in [9.17, 15) is 4.79 Å². The highest BCUT2D eigenvalue weighted by molar-refractivity contribution is 6.30. The SMILES string of the molecule is CN(C)/C=N/c1cc(C(=O)NC(C)(C)C)cc(-c2ccc(Cl)cc2)c1. The van der Waals surface area contributed by atoms with Gasteiger partial charge in [0.1, 0.15) is 0 Å². The van der Waals surface area contributed by atoms with E-state index in [0.29, 0.717) is 10.6 Å². The lowest BCUT2D eigenvalue weighted by Crippen LogP contribution is -2.40. The summed E-state index contributed by atoms with van der Waals surface area (Å²) in [4.78, 5) is 18.9. The first kappa shape index (κ1) is 19.0. The fourth-order valence-electron chi connectivity index (χ4n) is 2.22. The number of halogens is 1. The summed E-state index contributed by atoms with van der Waals surface area (Å²) in [6, 6.07) is 13.2. The maximum Gasteiger partial charge on any atom is 0.251 e. The molecule has 5 heteroatoms. The number of aliphatic imine (C=N–C) groups is 1. The molecule has 0 fully saturated rings. The van der Waals surface area contributed by atoms with Crippen molar-refractivity contribution in [2.45, 2.75) is 26.3 Å². The molecule has 0 saturated carbocycles. The van der Waals surface area contributed by atoms with Gasteiger partial charge >= 0.3 is 0 Å². The number of benzene rings is 2. The summed E-state index contributed by atoms with van der Waals surface area (Å²) in [5.74, 6) is -0.121. The Morgan fingerprint density at radius 3 is 2.28 bits per heavy atom. The molecule has 1 amide bonds. The quantitative estimate of drug-likeness (QED) is 0.633. The molecule has 0 radical (unpaired) electrons. The zero-order valence-corrected chi connectivity index (χ0v) is 16.1. The van der Waals surface area contributed by atoms with Crippen LogP contribution in [0, 0.1) is 0 Å². The average molecular weight is 358 g/mol. The number of nitrogens with one attached hydrogen (secondary N) is 1. The first-order chi connectivity index (χ1) is 11.6. The number of hydrogen-bond acceptors (Lipinski definition) is 2. The molecule has 0 unspecified atom stereocenters. The highest BCUT2D eigenvalue weighted by Gasteiger charge is 2.16. The summed E-state index contributed by atoms with van der Waals surface area (Å²) in [7, 11) is 3.81. The van der Waals surface area contributed by atoms with E-state index in [0.717, 1.165) is 16.8 Å². The third kappa shape index (κ3) is 5.91. The van der Waals surface area contributed by atoms with Crippen LogP contribution in [-0.4, -0.2) is 36.8 Å². The minimum atomic E-state index is -0.305. The average Bonchev–Trinajstić information content (AvgIpc) is 2.51. The maximum absolute atomic E-state index is 12.6. The predicted octanol–water partition coefficient (Wildman–Crippen LogP) is 4.76. The Labute approximate surface area is 154 Å². The molecule has 4 nitrogen and oxygen atoms in total. The fourth-order valence-corrected chi connectivity index (χ4v) is 2.35. The van der Waals surface area contributed by atoms with Crippen LogP contribution in [0.15, 0.2) is 47.5 Å². The Hall–Kier alpha value is -2.33. The molecule has 0 heterocycles. The summed E-state index contributed by atoms with van der Waals surface area (Å²) < 4.78 is 0. The van der Waals surface area contributed by atoms with Gasteiger partial charge in [-0.05, 0) is 62.2 Å².